The summed E-state index contributed by atoms with van der Waals surface area (Å²) < 4.78 is 7.59. The number of para-hydroxylation sites is 2. The molecule has 212 valence electrons. The van der Waals surface area contributed by atoms with Gasteiger partial charge < -0.3 is 19.5 Å². The third kappa shape index (κ3) is 4.23. The van der Waals surface area contributed by atoms with Crippen LogP contribution in [0.3, 0.4) is 0 Å². The van der Waals surface area contributed by atoms with Gasteiger partial charge in [0.25, 0.3) is 0 Å². The molecule has 1 atom stereocenters. The first-order valence-electron chi connectivity index (χ1n) is 15.3. The van der Waals surface area contributed by atoms with Crippen LogP contribution in [0.2, 0.25) is 0 Å². The van der Waals surface area contributed by atoms with Crippen LogP contribution in [0, 0.1) is 17.8 Å². The van der Waals surface area contributed by atoms with Gasteiger partial charge in [-0.15, -0.1) is 0 Å². The lowest BCUT2D eigenvalue weighted by atomic mass is 9.53. The number of hydrogen-bond acceptors (Lipinski definition) is 3. The SMILES string of the molecule is COc1ccc(C2c3cccn3-c3ccccc3N2C(=O)CN(C(=O)NC23CC4CC(CC(C4)C2)C3)C2CC2)cc1. The molecule has 1 unspecified atom stereocenters. The van der Waals surface area contributed by atoms with E-state index in [0.717, 1.165) is 78.2 Å². The van der Waals surface area contributed by atoms with E-state index in [1.165, 1.54) is 19.3 Å². The van der Waals surface area contributed by atoms with E-state index in [-0.39, 0.29) is 36.1 Å². The van der Waals surface area contributed by atoms with Crippen molar-refractivity contribution in [2.75, 3.05) is 18.6 Å². The number of benzene rings is 2. The summed E-state index contributed by atoms with van der Waals surface area (Å²) >= 11 is 0. The van der Waals surface area contributed by atoms with Crippen molar-refractivity contribution in [2.45, 2.75) is 69.0 Å². The average Bonchev–Trinajstić information content (AvgIpc) is 3.69. The number of hydrogen-bond donors (Lipinski definition) is 1. The Labute approximate surface area is 241 Å². The second kappa shape index (κ2) is 9.40. The molecular weight excluding hydrogens is 512 g/mol. The monoisotopic (exact) mass is 550 g/mol. The van der Waals surface area contributed by atoms with Crippen LogP contribution in [0.25, 0.3) is 5.69 Å². The lowest BCUT2D eigenvalue weighted by Crippen LogP contribution is -2.62. The Morgan fingerprint density at radius 2 is 1.56 bits per heavy atom. The van der Waals surface area contributed by atoms with Gasteiger partial charge in [-0.1, -0.05) is 24.3 Å². The Morgan fingerprint density at radius 3 is 2.20 bits per heavy atom. The summed E-state index contributed by atoms with van der Waals surface area (Å²) in [7, 11) is 1.66. The summed E-state index contributed by atoms with van der Waals surface area (Å²) in [6, 6.07) is 19.9. The van der Waals surface area contributed by atoms with E-state index in [4.69, 9.17) is 4.74 Å². The largest absolute Gasteiger partial charge is 0.497 e. The van der Waals surface area contributed by atoms with E-state index in [0.29, 0.717) is 0 Å². The van der Waals surface area contributed by atoms with Crippen molar-refractivity contribution < 1.29 is 14.3 Å². The number of carbonyl (C=O) groups is 2. The van der Waals surface area contributed by atoms with E-state index in [2.05, 4.69) is 28.2 Å². The maximum Gasteiger partial charge on any atom is 0.318 e. The second-order valence-corrected chi connectivity index (χ2v) is 13.2. The number of methoxy groups -OCH3 is 1. The van der Waals surface area contributed by atoms with Gasteiger partial charge in [-0.2, -0.15) is 0 Å². The Hall–Kier alpha value is -3.74. The van der Waals surface area contributed by atoms with Crippen molar-refractivity contribution >= 4 is 17.6 Å². The lowest BCUT2D eigenvalue weighted by Gasteiger charge is -2.57. The predicted octanol–water partition coefficient (Wildman–Crippen LogP) is 6.06. The van der Waals surface area contributed by atoms with Gasteiger partial charge in [-0.3, -0.25) is 9.69 Å². The number of carbonyl (C=O) groups excluding carboxylic acids is 2. The van der Waals surface area contributed by atoms with Crippen LogP contribution in [0.4, 0.5) is 10.5 Å². The van der Waals surface area contributed by atoms with Gasteiger partial charge in [0.2, 0.25) is 5.91 Å². The molecule has 0 saturated heterocycles. The molecule has 5 saturated carbocycles. The summed E-state index contributed by atoms with van der Waals surface area (Å²) in [5.41, 5.74) is 3.79. The molecule has 4 bridgehead atoms. The minimum atomic E-state index is -0.314. The Kier molecular flexibility index (Phi) is 5.73. The van der Waals surface area contributed by atoms with Gasteiger partial charge in [-0.05, 0) is 111 Å². The maximum atomic E-state index is 14.5. The molecular formula is C34H38N4O3. The smallest absolute Gasteiger partial charge is 0.318 e. The molecule has 5 aliphatic carbocycles. The molecule has 1 aromatic heterocycles. The molecule has 7 nitrogen and oxygen atoms in total. The first kappa shape index (κ1) is 25.0. The molecule has 41 heavy (non-hydrogen) atoms. The van der Waals surface area contributed by atoms with Crippen LogP contribution < -0.4 is 15.0 Å². The van der Waals surface area contributed by atoms with Crippen LogP contribution in [0.1, 0.15) is 68.7 Å². The Morgan fingerprint density at radius 1 is 0.902 bits per heavy atom. The number of anilines is 1. The predicted molar refractivity (Wildman–Crippen MR) is 157 cm³/mol. The van der Waals surface area contributed by atoms with Crippen molar-refractivity contribution in [3.63, 3.8) is 0 Å². The molecule has 6 aliphatic rings. The van der Waals surface area contributed by atoms with Crippen molar-refractivity contribution in [3.05, 3.63) is 78.1 Å². The average molecular weight is 551 g/mol. The summed E-state index contributed by atoms with van der Waals surface area (Å²) in [4.78, 5) is 32.2. The molecule has 2 aromatic carbocycles. The first-order valence-corrected chi connectivity index (χ1v) is 15.3. The number of aromatic nitrogens is 1. The number of ether oxygens (including phenoxy) is 1. The zero-order valence-corrected chi connectivity index (χ0v) is 23.7. The van der Waals surface area contributed by atoms with Crippen LogP contribution in [-0.4, -0.2) is 46.6 Å². The number of rotatable bonds is 6. The highest BCUT2D eigenvalue weighted by atomic mass is 16.5. The van der Waals surface area contributed by atoms with Gasteiger partial charge in [-0.25, -0.2) is 4.79 Å². The highest BCUT2D eigenvalue weighted by molar-refractivity contribution is 6.00. The molecule has 5 fully saturated rings. The van der Waals surface area contributed by atoms with Crippen LogP contribution in [0.5, 0.6) is 5.75 Å². The zero-order chi connectivity index (χ0) is 27.7. The van der Waals surface area contributed by atoms with Gasteiger partial charge in [0, 0.05) is 17.8 Å². The minimum absolute atomic E-state index is 0.0440. The lowest BCUT2D eigenvalue weighted by molar-refractivity contribution is -0.119. The molecule has 1 aliphatic heterocycles. The molecule has 0 radical (unpaired) electrons. The normalized spacial score (nSPS) is 29.0. The zero-order valence-electron chi connectivity index (χ0n) is 23.7. The fourth-order valence-corrected chi connectivity index (χ4v) is 8.90. The van der Waals surface area contributed by atoms with Gasteiger partial charge in [0.15, 0.2) is 0 Å². The van der Waals surface area contributed by atoms with Crippen LogP contribution >= 0.6 is 0 Å². The first-order chi connectivity index (χ1) is 20.0. The molecule has 3 amide bonds. The molecule has 9 rings (SSSR count). The molecule has 3 aromatic rings. The molecule has 2 heterocycles. The maximum absolute atomic E-state index is 14.5. The van der Waals surface area contributed by atoms with Crippen LogP contribution in [0.15, 0.2) is 66.9 Å². The van der Waals surface area contributed by atoms with Gasteiger partial charge >= 0.3 is 6.03 Å². The van der Waals surface area contributed by atoms with E-state index >= 15 is 0 Å². The summed E-state index contributed by atoms with van der Waals surface area (Å²) in [5.74, 6) is 2.98. The molecule has 1 N–H and O–H groups in total. The molecule has 0 spiro atoms. The van der Waals surface area contributed by atoms with Gasteiger partial charge in [0.1, 0.15) is 18.3 Å². The van der Waals surface area contributed by atoms with Crippen LogP contribution in [-0.2, 0) is 4.79 Å². The van der Waals surface area contributed by atoms with E-state index in [1.54, 1.807) is 7.11 Å². The quantitative estimate of drug-likeness (QED) is 0.406. The minimum Gasteiger partial charge on any atom is -0.497 e. The summed E-state index contributed by atoms with van der Waals surface area (Å²) in [6.07, 6.45) is 11.3. The van der Waals surface area contributed by atoms with E-state index in [9.17, 15) is 9.59 Å². The standard InChI is InChI=1S/C34H38N4O3/c1-41-27-12-8-25(9-13-27)32-30-7-4-14-36(30)28-5-2-3-6-29(28)38(32)31(39)21-37(26-10-11-26)33(40)35-34-18-22-15-23(19-34)17-24(16-22)20-34/h2-9,12-14,22-24,26,32H,10-11,15-21H2,1H3,(H,35,40). The fourth-order valence-electron chi connectivity index (χ4n) is 8.90. The van der Waals surface area contributed by atoms with Gasteiger partial charge in [0.05, 0.1) is 24.2 Å². The third-order valence-corrected chi connectivity index (χ3v) is 10.4. The highest BCUT2D eigenvalue weighted by Crippen LogP contribution is 2.55. The van der Waals surface area contributed by atoms with E-state index in [1.807, 2.05) is 58.3 Å². The second-order valence-electron chi connectivity index (χ2n) is 13.2. The van der Waals surface area contributed by atoms with Crippen molar-refractivity contribution in [1.29, 1.82) is 0 Å². The molecule has 7 heteroatoms. The highest BCUT2D eigenvalue weighted by Gasteiger charge is 2.52. The fraction of sp³-hybridized carbons (Fsp3) is 0.471. The number of nitrogens with one attached hydrogen (secondary N) is 1. The number of amides is 3. The van der Waals surface area contributed by atoms with Crippen molar-refractivity contribution in [1.82, 2.24) is 14.8 Å². The Balaban J connectivity index is 1.11. The Bertz CT molecular complexity index is 1450. The number of urea groups is 1. The summed E-state index contributed by atoms with van der Waals surface area (Å²) in [5, 5.41) is 3.54. The van der Waals surface area contributed by atoms with E-state index < -0.39 is 0 Å². The van der Waals surface area contributed by atoms with Crippen molar-refractivity contribution in [3.8, 4) is 11.4 Å². The topological polar surface area (TPSA) is 66.8 Å². The number of fused-ring (bicyclic) bond motifs is 3. The number of nitrogens with zero attached hydrogens (tertiary/aromatic N) is 3. The summed E-state index contributed by atoms with van der Waals surface area (Å²) in [6.45, 7) is 0.0740. The van der Waals surface area contributed by atoms with Crippen molar-refractivity contribution in [2.24, 2.45) is 17.8 Å². The third-order valence-electron chi connectivity index (χ3n) is 10.4.